The van der Waals surface area contributed by atoms with E-state index < -0.39 is 0 Å². The predicted molar refractivity (Wildman–Crippen MR) is 103 cm³/mol. The van der Waals surface area contributed by atoms with Gasteiger partial charge in [0, 0.05) is 29.2 Å². The van der Waals surface area contributed by atoms with Crippen molar-refractivity contribution in [2.45, 2.75) is 6.54 Å². The minimum absolute atomic E-state index is 0.148. The van der Waals surface area contributed by atoms with Crippen molar-refractivity contribution in [1.82, 2.24) is 20.1 Å². The van der Waals surface area contributed by atoms with Crippen LogP contribution in [-0.2, 0) is 6.54 Å². The maximum absolute atomic E-state index is 12.4. The highest BCUT2D eigenvalue weighted by atomic mass is 16.5. The smallest absolute Gasteiger partial charge is 0.251 e. The van der Waals surface area contributed by atoms with Gasteiger partial charge in [-0.15, -0.1) is 10.2 Å². The van der Waals surface area contributed by atoms with Gasteiger partial charge in [0.2, 0.25) is 11.8 Å². The normalized spacial score (nSPS) is 10.6. The van der Waals surface area contributed by atoms with Gasteiger partial charge in [0.25, 0.3) is 5.91 Å². The van der Waals surface area contributed by atoms with Crippen molar-refractivity contribution in [2.24, 2.45) is 0 Å². The van der Waals surface area contributed by atoms with Crippen molar-refractivity contribution in [2.75, 3.05) is 7.11 Å². The molecule has 0 atom stereocenters. The third-order valence-corrected chi connectivity index (χ3v) is 4.22. The second kappa shape index (κ2) is 7.79. The maximum Gasteiger partial charge on any atom is 0.251 e. The molecule has 4 aromatic rings. The van der Waals surface area contributed by atoms with Gasteiger partial charge in [0.1, 0.15) is 5.75 Å². The molecule has 0 aliphatic heterocycles. The summed E-state index contributed by atoms with van der Waals surface area (Å²) < 4.78 is 12.8. The van der Waals surface area contributed by atoms with Gasteiger partial charge in [-0.3, -0.25) is 4.79 Å². The molecule has 0 fully saturated rings. The molecule has 0 radical (unpaired) electrons. The summed E-state index contributed by atoms with van der Waals surface area (Å²) in [6, 6.07) is 18.6. The molecule has 1 N–H and O–H groups in total. The third kappa shape index (κ3) is 3.78. The number of benzene rings is 2. The third-order valence-electron chi connectivity index (χ3n) is 4.22. The van der Waals surface area contributed by atoms with Crippen LogP contribution in [0.4, 0.5) is 0 Å². The Morgan fingerprint density at radius 2 is 1.86 bits per heavy atom. The van der Waals surface area contributed by atoms with Gasteiger partial charge in [-0.2, -0.15) is 0 Å². The van der Waals surface area contributed by atoms with Gasteiger partial charge in [0.05, 0.1) is 13.7 Å². The second-order valence-electron chi connectivity index (χ2n) is 6.05. The first-order valence-electron chi connectivity index (χ1n) is 8.71. The Balaban J connectivity index is 1.39. The first-order chi connectivity index (χ1) is 13.7. The van der Waals surface area contributed by atoms with Crippen LogP contribution >= 0.6 is 0 Å². The number of carbonyl (C=O) groups excluding carboxylic acids is 1. The summed E-state index contributed by atoms with van der Waals surface area (Å²) >= 11 is 0. The summed E-state index contributed by atoms with van der Waals surface area (Å²) in [5.41, 5.74) is 2.30. The van der Waals surface area contributed by atoms with Crippen LogP contribution in [0.15, 0.2) is 77.5 Å². The predicted octanol–water partition coefficient (Wildman–Crippen LogP) is 3.47. The van der Waals surface area contributed by atoms with Crippen LogP contribution in [0, 0.1) is 0 Å². The lowest BCUT2D eigenvalue weighted by Crippen LogP contribution is -2.22. The average molecular weight is 374 g/mol. The minimum Gasteiger partial charge on any atom is -0.497 e. The molecule has 0 unspecified atom stereocenters. The lowest BCUT2D eigenvalue weighted by Gasteiger charge is -2.05. The van der Waals surface area contributed by atoms with Gasteiger partial charge in [0.15, 0.2) is 0 Å². The summed E-state index contributed by atoms with van der Waals surface area (Å²) in [6.07, 6.45) is 3.90. The van der Waals surface area contributed by atoms with E-state index in [4.69, 9.17) is 9.15 Å². The summed E-state index contributed by atoms with van der Waals surface area (Å²) in [7, 11) is 1.60. The van der Waals surface area contributed by atoms with Crippen LogP contribution in [0.3, 0.4) is 0 Å². The summed E-state index contributed by atoms with van der Waals surface area (Å²) in [5.74, 6) is 1.20. The number of amides is 1. The van der Waals surface area contributed by atoms with E-state index in [9.17, 15) is 4.79 Å². The molecule has 0 aliphatic carbocycles. The maximum atomic E-state index is 12.4. The van der Waals surface area contributed by atoms with Gasteiger partial charge in [-0.25, -0.2) is 0 Å². The summed E-state index contributed by atoms with van der Waals surface area (Å²) in [4.78, 5) is 12.4. The molecule has 0 spiro atoms. The molecule has 0 bridgehead atoms. The van der Waals surface area contributed by atoms with E-state index >= 15 is 0 Å². The van der Waals surface area contributed by atoms with Crippen LogP contribution in [0.5, 0.6) is 5.75 Å². The van der Waals surface area contributed by atoms with Crippen molar-refractivity contribution in [3.63, 3.8) is 0 Å². The number of carbonyl (C=O) groups is 1. The molecule has 2 heterocycles. The van der Waals surface area contributed by atoms with E-state index in [1.807, 2.05) is 65.5 Å². The highest BCUT2D eigenvalue weighted by molar-refractivity contribution is 5.94. The van der Waals surface area contributed by atoms with Gasteiger partial charge < -0.3 is 19.0 Å². The quantitative estimate of drug-likeness (QED) is 0.559. The molecule has 7 nitrogen and oxygen atoms in total. The van der Waals surface area contributed by atoms with E-state index in [2.05, 4.69) is 15.5 Å². The minimum atomic E-state index is -0.208. The van der Waals surface area contributed by atoms with Crippen LogP contribution in [0.25, 0.3) is 17.1 Å². The van der Waals surface area contributed by atoms with E-state index in [0.717, 1.165) is 11.3 Å². The number of nitrogens with zero attached hydrogens (tertiary/aromatic N) is 3. The molecular formula is C21H18N4O3. The Morgan fingerprint density at radius 3 is 2.61 bits per heavy atom. The van der Waals surface area contributed by atoms with Crippen molar-refractivity contribution in [1.29, 1.82) is 0 Å². The monoisotopic (exact) mass is 374 g/mol. The van der Waals surface area contributed by atoms with Crippen LogP contribution < -0.4 is 10.1 Å². The number of hydrogen-bond acceptors (Lipinski definition) is 5. The first kappa shape index (κ1) is 17.5. The second-order valence-corrected chi connectivity index (χ2v) is 6.05. The molecule has 2 aromatic carbocycles. The SMILES string of the molecule is COc1cccc(-c2nnc(CNC(=O)c3ccc(-n4cccc4)cc3)o2)c1. The average Bonchev–Trinajstić information content (AvgIpc) is 3.44. The van der Waals surface area contributed by atoms with E-state index in [1.165, 1.54) is 0 Å². The Kier molecular flexibility index (Phi) is 4.88. The molecule has 7 heteroatoms. The highest BCUT2D eigenvalue weighted by Crippen LogP contribution is 2.22. The zero-order valence-corrected chi connectivity index (χ0v) is 15.2. The van der Waals surface area contributed by atoms with E-state index in [-0.39, 0.29) is 12.5 Å². The van der Waals surface area contributed by atoms with Crippen molar-refractivity contribution in [3.05, 3.63) is 84.5 Å². The fraction of sp³-hybridized carbons (Fsp3) is 0.0952. The summed E-state index contributed by atoms with van der Waals surface area (Å²) in [5, 5.41) is 10.8. The van der Waals surface area contributed by atoms with Gasteiger partial charge in [-0.05, 0) is 54.6 Å². The molecule has 2 aromatic heterocycles. The van der Waals surface area contributed by atoms with E-state index in [1.54, 1.807) is 19.2 Å². The topological polar surface area (TPSA) is 82.2 Å². The molecule has 4 rings (SSSR count). The Morgan fingerprint density at radius 1 is 1.07 bits per heavy atom. The van der Waals surface area contributed by atoms with Crippen LogP contribution in [0.1, 0.15) is 16.2 Å². The fourth-order valence-electron chi connectivity index (χ4n) is 2.75. The van der Waals surface area contributed by atoms with Gasteiger partial charge in [-0.1, -0.05) is 6.07 Å². The molecule has 1 amide bonds. The zero-order chi connectivity index (χ0) is 19.3. The molecule has 0 saturated heterocycles. The Bertz CT molecular complexity index is 1070. The largest absolute Gasteiger partial charge is 0.497 e. The van der Waals surface area contributed by atoms with Crippen molar-refractivity contribution in [3.8, 4) is 22.9 Å². The number of methoxy groups -OCH3 is 1. The summed E-state index contributed by atoms with van der Waals surface area (Å²) in [6.45, 7) is 0.148. The lowest BCUT2D eigenvalue weighted by atomic mass is 10.2. The van der Waals surface area contributed by atoms with E-state index in [0.29, 0.717) is 23.1 Å². The molecular weight excluding hydrogens is 356 g/mol. The Labute approximate surface area is 161 Å². The zero-order valence-electron chi connectivity index (χ0n) is 15.2. The van der Waals surface area contributed by atoms with Crippen molar-refractivity contribution < 1.29 is 13.9 Å². The fourth-order valence-corrected chi connectivity index (χ4v) is 2.75. The highest BCUT2D eigenvalue weighted by Gasteiger charge is 2.11. The van der Waals surface area contributed by atoms with Crippen molar-refractivity contribution >= 4 is 5.91 Å². The number of aromatic nitrogens is 3. The Hall–Kier alpha value is -3.87. The van der Waals surface area contributed by atoms with Gasteiger partial charge >= 0.3 is 0 Å². The van der Waals surface area contributed by atoms with Crippen LogP contribution in [0.2, 0.25) is 0 Å². The lowest BCUT2D eigenvalue weighted by molar-refractivity contribution is 0.0947. The molecule has 140 valence electrons. The van der Waals surface area contributed by atoms with Crippen LogP contribution in [-0.4, -0.2) is 27.8 Å². The molecule has 0 saturated carbocycles. The molecule has 28 heavy (non-hydrogen) atoms. The first-order valence-corrected chi connectivity index (χ1v) is 8.71. The standard InChI is InChI=1S/C21H18N4O3/c1-27-18-6-4-5-16(13-18)21-24-23-19(28-21)14-22-20(26)15-7-9-17(10-8-15)25-11-2-3-12-25/h2-13H,14H2,1H3,(H,22,26). The molecule has 0 aliphatic rings. The number of rotatable bonds is 6. The number of hydrogen-bond donors (Lipinski definition) is 1. The number of ether oxygens (including phenoxy) is 1. The number of nitrogens with one attached hydrogen (secondary N) is 1.